The van der Waals surface area contributed by atoms with Crippen LogP contribution >= 0.6 is 12.4 Å². The highest BCUT2D eigenvalue weighted by Gasteiger charge is 2.08. The van der Waals surface area contributed by atoms with Crippen LogP contribution in [0, 0.1) is 5.82 Å². The van der Waals surface area contributed by atoms with E-state index in [0.717, 1.165) is 0 Å². The van der Waals surface area contributed by atoms with Gasteiger partial charge in [-0.1, -0.05) is 0 Å². The van der Waals surface area contributed by atoms with Crippen LogP contribution in [0.4, 0.5) is 10.1 Å². The van der Waals surface area contributed by atoms with Crippen LogP contribution < -0.4 is 15.4 Å². The van der Waals surface area contributed by atoms with Gasteiger partial charge in [0.2, 0.25) is 5.91 Å². The van der Waals surface area contributed by atoms with Gasteiger partial charge < -0.3 is 20.1 Å². The Morgan fingerprint density at radius 1 is 1.38 bits per heavy atom. The van der Waals surface area contributed by atoms with Crippen molar-refractivity contribution in [2.24, 2.45) is 0 Å². The van der Waals surface area contributed by atoms with Gasteiger partial charge in [-0.25, -0.2) is 4.39 Å². The van der Waals surface area contributed by atoms with Crippen LogP contribution in [0.1, 0.15) is 13.8 Å². The lowest BCUT2D eigenvalue weighted by Gasteiger charge is -2.12. The van der Waals surface area contributed by atoms with Gasteiger partial charge in [0.15, 0.2) is 0 Å². The second-order valence-electron chi connectivity index (χ2n) is 4.53. The fourth-order valence-electron chi connectivity index (χ4n) is 1.51. The Balaban J connectivity index is 0.00000400. The molecule has 0 aliphatic heterocycles. The molecule has 0 bridgehead atoms. The van der Waals surface area contributed by atoms with Crippen LogP contribution in [0.5, 0.6) is 5.75 Å². The molecule has 0 aliphatic carbocycles. The van der Waals surface area contributed by atoms with E-state index in [4.69, 9.17) is 9.47 Å². The second kappa shape index (κ2) is 10.4. The summed E-state index contributed by atoms with van der Waals surface area (Å²) in [5.41, 5.74) is 0.139. The molecular weight excluding hydrogens is 299 g/mol. The standard InChI is InChI=1S/C14H21FN2O3.ClH/c1-10(2)20-11-4-5-13(12(15)8-11)17-14(18)9-16-6-7-19-3;/h4-5,8,10,16H,6-7,9H2,1-3H3,(H,17,18);1H. The SMILES string of the molecule is COCCNCC(=O)Nc1ccc(OC(C)C)cc1F.Cl. The summed E-state index contributed by atoms with van der Waals surface area (Å²) < 4.78 is 24.0. The summed E-state index contributed by atoms with van der Waals surface area (Å²) in [6.07, 6.45) is -0.0279. The number of carbonyl (C=O) groups is 1. The average Bonchev–Trinajstić information content (AvgIpc) is 2.37. The van der Waals surface area contributed by atoms with Gasteiger partial charge in [0, 0.05) is 19.7 Å². The van der Waals surface area contributed by atoms with E-state index in [2.05, 4.69) is 10.6 Å². The van der Waals surface area contributed by atoms with Gasteiger partial charge in [0.05, 0.1) is 24.9 Å². The zero-order chi connectivity index (χ0) is 15.0. The number of nitrogens with one attached hydrogen (secondary N) is 2. The maximum Gasteiger partial charge on any atom is 0.238 e. The number of hydrogen-bond acceptors (Lipinski definition) is 4. The summed E-state index contributed by atoms with van der Waals surface area (Å²) >= 11 is 0. The minimum atomic E-state index is -0.520. The first kappa shape index (κ1) is 19.6. The average molecular weight is 321 g/mol. The minimum absolute atomic E-state index is 0. The van der Waals surface area contributed by atoms with E-state index in [-0.39, 0.29) is 36.7 Å². The molecular formula is C14H22ClFN2O3. The van der Waals surface area contributed by atoms with Crippen molar-refractivity contribution >= 4 is 24.0 Å². The smallest absolute Gasteiger partial charge is 0.238 e. The van der Waals surface area contributed by atoms with Crippen molar-refractivity contribution < 1.29 is 18.7 Å². The summed E-state index contributed by atoms with van der Waals surface area (Å²) in [5, 5.41) is 5.37. The maximum atomic E-state index is 13.8. The Hall–Kier alpha value is -1.37. The molecule has 0 radical (unpaired) electrons. The monoisotopic (exact) mass is 320 g/mol. The van der Waals surface area contributed by atoms with Crippen molar-refractivity contribution in [1.82, 2.24) is 5.32 Å². The first-order chi connectivity index (χ1) is 9.52. The minimum Gasteiger partial charge on any atom is -0.491 e. The molecule has 21 heavy (non-hydrogen) atoms. The summed E-state index contributed by atoms with van der Waals surface area (Å²) in [7, 11) is 1.58. The molecule has 0 fully saturated rings. The number of amides is 1. The topological polar surface area (TPSA) is 59.6 Å². The van der Waals surface area contributed by atoms with Crippen LogP contribution in [0.25, 0.3) is 0 Å². The molecule has 1 amide bonds. The molecule has 0 aromatic heterocycles. The van der Waals surface area contributed by atoms with Crippen LogP contribution in [0.3, 0.4) is 0 Å². The van der Waals surface area contributed by atoms with E-state index in [1.165, 1.54) is 12.1 Å². The zero-order valence-corrected chi connectivity index (χ0v) is 13.3. The maximum absolute atomic E-state index is 13.8. The predicted molar refractivity (Wildman–Crippen MR) is 82.8 cm³/mol. The normalized spacial score (nSPS) is 10.1. The van der Waals surface area contributed by atoms with Gasteiger partial charge >= 0.3 is 0 Å². The third kappa shape index (κ3) is 7.84. The Kier molecular flexibility index (Phi) is 9.69. The lowest BCUT2D eigenvalue weighted by atomic mass is 10.2. The molecule has 0 saturated carbocycles. The second-order valence-corrected chi connectivity index (χ2v) is 4.53. The lowest BCUT2D eigenvalue weighted by Crippen LogP contribution is -2.30. The molecule has 120 valence electrons. The quantitative estimate of drug-likeness (QED) is 0.721. The van der Waals surface area contributed by atoms with Gasteiger partial charge in [-0.3, -0.25) is 4.79 Å². The molecule has 0 spiro atoms. The highest BCUT2D eigenvalue weighted by Crippen LogP contribution is 2.21. The summed E-state index contributed by atoms with van der Waals surface area (Å²) in [5.74, 6) is -0.389. The molecule has 7 heteroatoms. The third-order valence-electron chi connectivity index (χ3n) is 2.35. The number of rotatable bonds is 8. The van der Waals surface area contributed by atoms with Gasteiger partial charge in [0.25, 0.3) is 0 Å². The van der Waals surface area contributed by atoms with Gasteiger partial charge in [0.1, 0.15) is 11.6 Å². The molecule has 1 aromatic carbocycles. The van der Waals surface area contributed by atoms with Crippen molar-refractivity contribution in [2.45, 2.75) is 20.0 Å². The van der Waals surface area contributed by atoms with Crippen LogP contribution in [0.2, 0.25) is 0 Å². The Labute approximate surface area is 130 Å². The molecule has 0 unspecified atom stereocenters. The Morgan fingerprint density at radius 3 is 2.67 bits per heavy atom. The summed E-state index contributed by atoms with van der Waals surface area (Å²) in [6, 6.07) is 4.37. The number of halogens is 2. The number of methoxy groups -OCH3 is 1. The van der Waals surface area contributed by atoms with Gasteiger partial charge in [-0.05, 0) is 26.0 Å². The van der Waals surface area contributed by atoms with E-state index >= 15 is 0 Å². The van der Waals surface area contributed by atoms with Crippen LogP contribution in [0.15, 0.2) is 18.2 Å². The largest absolute Gasteiger partial charge is 0.491 e. The highest BCUT2D eigenvalue weighted by molar-refractivity contribution is 5.92. The number of carbonyl (C=O) groups excluding carboxylic acids is 1. The molecule has 0 heterocycles. The van der Waals surface area contributed by atoms with Gasteiger partial charge in [-0.15, -0.1) is 12.4 Å². The first-order valence-corrected chi connectivity index (χ1v) is 6.48. The van der Waals surface area contributed by atoms with E-state index in [1.54, 1.807) is 13.2 Å². The van der Waals surface area contributed by atoms with Crippen molar-refractivity contribution in [3.05, 3.63) is 24.0 Å². The molecule has 1 rings (SSSR count). The van der Waals surface area contributed by atoms with Crippen LogP contribution in [-0.2, 0) is 9.53 Å². The number of ether oxygens (including phenoxy) is 2. The van der Waals surface area contributed by atoms with Crippen LogP contribution in [-0.4, -0.2) is 38.8 Å². The fraction of sp³-hybridized carbons (Fsp3) is 0.500. The highest BCUT2D eigenvalue weighted by atomic mass is 35.5. The van der Waals surface area contributed by atoms with Gasteiger partial charge in [-0.2, -0.15) is 0 Å². The predicted octanol–water partition coefficient (Wildman–Crippen LogP) is 2.21. The van der Waals surface area contributed by atoms with Crippen molar-refractivity contribution in [2.75, 3.05) is 32.1 Å². The molecule has 2 N–H and O–H groups in total. The van der Waals surface area contributed by atoms with E-state index < -0.39 is 5.82 Å². The van der Waals surface area contributed by atoms with Crippen molar-refractivity contribution in [3.63, 3.8) is 0 Å². The van der Waals surface area contributed by atoms with E-state index in [1.807, 2.05) is 13.8 Å². The fourth-order valence-corrected chi connectivity index (χ4v) is 1.51. The van der Waals surface area contributed by atoms with E-state index in [0.29, 0.717) is 18.9 Å². The third-order valence-corrected chi connectivity index (χ3v) is 2.35. The molecule has 0 saturated heterocycles. The van der Waals surface area contributed by atoms with E-state index in [9.17, 15) is 9.18 Å². The lowest BCUT2D eigenvalue weighted by molar-refractivity contribution is -0.115. The van der Waals surface area contributed by atoms with Crippen molar-refractivity contribution in [1.29, 1.82) is 0 Å². The molecule has 5 nitrogen and oxygen atoms in total. The Morgan fingerprint density at radius 2 is 2.10 bits per heavy atom. The number of benzene rings is 1. The number of anilines is 1. The Bertz CT molecular complexity index is 444. The summed E-state index contributed by atoms with van der Waals surface area (Å²) in [6.45, 7) is 4.90. The molecule has 0 aliphatic rings. The zero-order valence-electron chi connectivity index (χ0n) is 12.4. The molecule has 1 aromatic rings. The van der Waals surface area contributed by atoms with Crippen molar-refractivity contribution in [3.8, 4) is 5.75 Å². The molecule has 0 atom stereocenters. The summed E-state index contributed by atoms with van der Waals surface area (Å²) in [4.78, 5) is 11.6. The first-order valence-electron chi connectivity index (χ1n) is 6.48. The number of hydrogen-bond donors (Lipinski definition) is 2.